The van der Waals surface area contributed by atoms with Crippen molar-refractivity contribution in [2.75, 3.05) is 13.2 Å². The van der Waals surface area contributed by atoms with E-state index in [9.17, 15) is 9.18 Å². The van der Waals surface area contributed by atoms with E-state index in [1.165, 1.54) is 12.1 Å². The largest absolute Gasteiger partial charge is 0.379 e. The Balaban J connectivity index is 1.53. The van der Waals surface area contributed by atoms with Gasteiger partial charge in [-0.3, -0.25) is 0 Å². The second-order valence-electron chi connectivity index (χ2n) is 7.03. The summed E-state index contributed by atoms with van der Waals surface area (Å²) >= 11 is 0. The molecule has 0 saturated carbocycles. The summed E-state index contributed by atoms with van der Waals surface area (Å²) < 4.78 is 20.5. The summed E-state index contributed by atoms with van der Waals surface area (Å²) in [5.74, 6) is -0.301. The number of ether oxygens (including phenoxy) is 1. The highest BCUT2D eigenvalue weighted by Gasteiger charge is 2.17. The van der Waals surface area contributed by atoms with E-state index in [-0.39, 0.29) is 17.9 Å². The number of halogens is 1. The van der Waals surface area contributed by atoms with Crippen molar-refractivity contribution in [2.45, 2.75) is 25.4 Å². The smallest absolute Gasteiger partial charge is 0.315 e. The summed E-state index contributed by atoms with van der Waals surface area (Å²) in [6.45, 7) is 1.60. The molecule has 0 bridgehead atoms. The van der Waals surface area contributed by atoms with Gasteiger partial charge in [-0.15, -0.1) is 0 Å². The number of nitrogens with one attached hydrogen (secondary N) is 2. The Bertz CT molecular complexity index is 951. The van der Waals surface area contributed by atoms with Gasteiger partial charge in [-0.1, -0.05) is 18.2 Å². The summed E-state index contributed by atoms with van der Waals surface area (Å²) in [4.78, 5) is 12.3. The van der Waals surface area contributed by atoms with Crippen molar-refractivity contribution in [2.24, 2.45) is 0 Å². The lowest BCUT2D eigenvalue weighted by Gasteiger charge is -2.23. The molecule has 0 aliphatic carbocycles. The minimum absolute atomic E-state index is 0.0346. The van der Waals surface area contributed by atoms with Crippen LogP contribution in [-0.2, 0) is 11.3 Å². The number of urea groups is 1. The van der Waals surface area contributed by atoms with Crippen LogP contribution in [0.2, 0.25) is 0 Å². The van der Waals surface area contributed by atoms with Crippen molar-refractivity contribution in [1.29, 1.82) is 0 Å². The fraction of sp³-hybridized carbons (Fsp3) is 0.273. The van der Waals surface area contributed by atoms with E-state index in [2.05, 4.69) is 15.7 Å². The van der Waals surface area contributed by atoms with Crippen LogP contribution in [0.25, 0.3) is 16.9 Å². The van der Waals surface area contributed by atoms with Gasteiger partial charge in [0.15, 0.2) is 0 Å². The lowest BCUT2D eigenvalue weighted by atomic mass is 10.1. The topological polar surface area (TPSA) is 68.2 Å². The number of carbonyl (C=O) groups is 1. The molecule has 1 aliphatic rings. The van der Waals surface area contributed by atoms with Gasteiger partial charge in [0.2, 0.25) is 0 Å². The molecule has 0 radical (unpaired) electrons. The molecule has 2 N–H and O–H groups in total. The summed E-state index contributed by atoms with van der Waals surface area (Å²) in [7, 11) is 0. The monoisotopic (exact) mass is 394 g/mol. The Hall–Kier alpha value is -3.19. The molecule has 7 heteroatoms. The molecular formula is C22H23FN4O2. The first kappa shape index (κ1) is 19.1. The number of amides is 2. The van der Waals surface area contributed by atoms with Gasteiger partial charge in [0.25, 0.3) is 0 Å². The molecule has 1 aliphatic heterocycles. The van der Waals surface area contributed by atoms with Gasteiger partial charge in [-0.25, -0.2) is 13.9 Å². The highest BCUT2D eigenvalue weighted by molar-refractivity contribution is 5.74. The molecule has 3 aromatic rings. The van der Waals surface area contributed by atoms with Crippen molar-refractivity contribution in [1.82, 2.24) is 20.4 Å². The predicted molar refractivity (Wildman–Crippen MR) is 108 cm³/mol. The number of benzene rings is 2. The number of para-hydroxylation sites is 1. The minimum Gasteiger partial charge on any atom is -0.379 e. The maximum atomic E-state index is 13.3. The fourth-order valence-corrected chi connectivity index (χ4v) is 3.37. The lowest BCUT2D eigenvalue weighted by Crippen LogP contribution is -2.45. The molecule has 29 heavy (non-hydrogen) atoms. The van der Waals surface area contributed by atoms with Crippen LogP contribution in [0.1, 0.15) is 18.4 Å². The van der Waals surface area contributed by atoms with E-state index in [1.54, 1.807) is 16.8 Å². The van der Waals surface area contributed by atoms with Gasteiger partial charge in [0, 0.05) is 30.5 Å². The van der Waals surface area contributed by atoms with Gasteiger partial charge in [0.05, 0.1) is 24.0 Å². The SMILES string of the molecule is O=C(NCc1cn(-c2ccccc2)nc1-c1ccc(F)cc1)NC1CCCOC1. The van der Waals surface area contributed by atoms with Crippen molar-refractivity contribution in [3.05, 3.63) is 72.2 Å². The predicted octanol–water partition coefficient (Wildman–Crippen LogP) is 3.66. The van der Waals surface area contributed by atoms with Crippen LogP contribution in [0.15, 0.2) is 60.8 Å². The van der Waals surface area contributed by atoms with E-state index < -0.39 is 0 Å². The first-order valence-electron chi connectivity index (χ1n) is 9.71. The number of hydrogen-bond acceptors (Lipinski definition) is 3. The molecule has 1 unspecified atom stereocenters. The highest BCUT2D eigenvalue weighted by atomic mass is 19.1. The van der Waals surface area contributed by atoms with Crippen LogP contribution >= 0.6 is 0 Å². The summed E-state index contributed by atoms with van der Waals surface area (Å²) in [5, 5.41) is 10.5. The number of rotatable bonds is 5. The molecule has 1 aromatic heterocycles. The molecule has 2 amide bonds. The van der Waals surface area contributed by atoms with Gasteiger partial charge in [-0.05, 0) is 49.2 Å². The zero-order valence-electron chi connectivity index (χ0n) is 16.0. The molecule has 1 fully saturated rings. The van der Waals surface area contributed by atoms with E-state index >= 15 is 0 Å². The molecule has 2 aromatic carbocycles. The van der Waals surface area contributed by atoms with E-state index in [4.69, 9.17) is 4.74 Å². The van der Waals surface area contributed by atoms with Crippen LogP contribution in [0.5, 0.6) is 0 Å². The fourth-order valence-electron chi connectivity index (χ4n) is 3.37. The minimum atomic E-state index is -0.301. The summed E-state index contributed by atoms with van der Waals surface area (Å²) in [6.07, 6.45) is 3.75. The normalized spacial score (nSPS) is 16.4. The first-order chi connectivity index (χ1) is 14.2. The second kappa shape index (κ2) is 8.87. The Labute approximate surface area is 168 Å². The third-order valence-electron chi connectivity index (χ3n) is 4.86. The summed E-state index contributed by atoms with van der Waals surface area (Å²) in [5.41, 5.74) is 3.25. The maximum absolute atomic E-state index is 13.3. The molecule has 4 rings (SSSR count). The molecule has 1 saturated heterocycles. The highest BCUT2D eigenvalue weighted by Crippen LogP contribution is 2.24. The number of carbonyl (C=O) groups excluding carboxylic acids is 1. The Morgan fingerprint density at radius 3 is 2.69 bits per heavy atom. The van der Waals surface area contributed by atoms with E-state index in [0.29, 0.717) is 18.8 Å². The second-order valence-corrected chi connectivity index (χ2v) is 7.03. The number of aromatic nitrogens is 2. The molecule has 1 atom stereocenters. The third kappa shape index (κ3) is 4.81. The van der Waals surface area contributed by atoms with Crippen molar-refractivity contribution >= 4 is 6.03 Å². The number of nitrogens with zero attached hydrogens (tertiary/aromatic N) is 2. The van der Waals surface area contributed by atoms with E-state index in [0.717, 1.165) is 36.3 Å². The maximum Gasteiger partial charge on any atom is 0.315 e. The zero-order chi connectivity index (χ0) is 20.1. The standard InChI is InChI=1S/C22H23FN4O2/c23-18-10-8-16(9-11-18)21-17(14-27(26-21)20-6-2-1-3-7-20)13-24-22(28)25-19-5-4-12-29-15-19/h1-3,6-11,14,19H,4-5,12-13,15H2,(H2,24,25,28). The van der Waals surface area contributed by atoms with Crippen molar-refractivity contribution < 1.29 is 13.9 Å². The van der Waals surface area contributed by atoms with Crippen LogP contribution in [0.3, 0.4) is 0 Å². The van der Waals surface area contributed by atoms with Gasteiger partial charge < -0.3 is 15.4 Å². The molecule has 6 nitrogen and oxygen atoms in total. The van der Waals surface area contributed by atoms with Crippen molar-refractivity contribution in [3.8, 4) is 16.9 Å². The van der Waals surface area contributed by atoms with Crippen LogP contribution in [0, 0.1) is 5.82 Å². The van der Waals surface area contributed by atoms with Crippen LogP contribution in [-0.4, -0.2) is 35.1 Å². The Morgan fingerprint density at radius 2 is 1.97 bits per heavy atom. The molecule has 150 valence electrons. The zero-order valence-corrected chi connectivity index (χ0v) is 16.0. The molecule has 0 spiro atoms. The lowest BCUT2D eigenvalue weighted by molar-refractivity contribution is 0.0732. The third-order valence-corrected chi connectivity index (χ3v) is 4.86. The van der Waals surface area contributed by atoms with Gasteiger partial charge >= 0.3 is 6.03 Å². The quantitative estimate of drug-likeness (QED) is 0.694. The van der Waals surface area contributed by atoms with Gasteiger partial charge in [0.1, 0.15) is 5.82 Å². The van der Waals surface area contributed by atoms with Crippen LogP contribution < -0.4 is 10.6 Å². The number of hydrogen-bond donors (Lipinski definition) is 2. The average molecular weight is 394 g/mol. The van der Waals surface area contributed by atoms with Crippen molar-refractivity contribution in [3.63, 3.8) is 0 Å². The molecule has 2 heterocycles. The Morgan fingerprint density at radius 1 is 1.17 bits per heavy atom. The van der Waals surface area contributed by atoms with Gasteiger partial charge in [-0.2, -0.15) is 5.10 Å². The first-order valence-corrected chi connectivity index (χ1v) is 9.71. The van der Waals surface area contributed by atoms with Crippen LogP contribution in [0.4, 0.5) is 9.18 Å². The average Bonchev–Trinajstić information content (AvgIpc) is 3.18. The molecular weight excluding hydrogens is 371 g/mol. The summed E-state index contributed by atoms with van der Waals surface area (Å²) in [6, 6.07) is 15.7. The van der Waals surface area contributed by atoms with E-state index in [1.807, 2.05) is 36.5 Å². The Kier molecular flexibility index (Phi) is 5.86.